The smallest absolute Gasteiger partial charge is 0.319 e. The topological polar surface area (TPSA) is 74.7 Å². The van der Waals surface area contributed by atoms with Gasteiger partial charge in [-0.1, -0.05) is 36.4 Å². The molecule has 3 fully saturated rings. The summed E-state index contributed by atoms with van der Waals surface area (Å²) in [5, 5.41) is 2.69. The van der Waals surface area contributed by atoms with E-state index in [1.54, 1.807) is 24.5 Å². The third-order valence-corrected chi connectivity index (χ3v) is 9.20. The third-order valence-electron chi connectivity index (χ3n) is 8.89. The summed E-state index contributed by atoms with van der Waals surface area (Å²) in [7, 11) is 2.08. The number of anilines is 1. The number of hydrogen-bond donors (Lipinski definition) is 0. The van der Waals surface area contributed by atoms with Crippen molar-refractivity contribution < 1.29 is 13.9 Å². The highest BCUT2D eigenvalue weighted by Gasteiger charge is 2.49. The largest absolute Gasteiger partial charge is 0.462 e. The van der Waals surface area contributed by atoms with Crippen LogP contribution >= 0.6 is 11.6 Å². The molecule has 7 rings (SSSR count). The Morgan fingerprint density at radius 3 is 2.83 bits per heavy atom. The molecule has 3 saturated heterocycles. The maximum absolute atomic E-state index is 16.5. The Bertz CT molecular complexity index is 1690. The Labute approximate surface area is 242 Å². The standard InChI is InChI=1S/C31H30ClFN6O2/c1-3-26(40)38-13-11-24-25(38)16-39(24)30-21-10-9-20(22-15-34-14-18-6-4-8-23(32)27(18)22)28(33)29(21)35-31(36-30)41-17-19-7-5-12-37(19)2/h3-4,6,8-10,14-15,19,24-25H,1,5,7,11-13,16-17H2,2H3/t19-,24?,25+/m0/s1. The number of aromatic nitrogens is 3. The van der Waals surface area contributed by atoms with E-state index < -0.39 is 5.82 Å². The van der Waals surface area contributed by atoms with Crippen molar-refractivity contribution >= 4 is 45.0 Å². The molecule has 2 aromatic heterocycles. The molecule has 1 unspecified atom stereocenters. The number of halogens is 2. The number of carbonyl (C=O) groups excluding carboxylic acids is 1. The number of pyridine rings is 1. The van der Waals surface area contributed by atoms with Gasteiger partial charge in [-0.2, -0.15) is 9.97 Å². The van der Waals surface area contributed by atoms with Gasteiger partial charge in [0, 0.05) is 63.8 Å². The first-order valence-electron chi connectivity index (χ1n) is 14.0. The van der Waals surface area contributed by atoms with Crippen molar-refractivity contribution in [1.29, 1.82) is 0 Å². The molecule has 5 heterocycles. The first-order chi connectivity index (χ1) is 19.9. The van der Waals surface area contributed by atoms with Crippen LogP contribution in [0, 0.1) is 5.82 Å². The Balaban J connectivity index is 1.32. The summed E-state index contributed by atoms with van der Waals surface area (Å²) in [6, 6.07) is 9.75. The van der Waals surface area contributed by atoms with Crippen molar-refractivity contribution in [3.8, 4) is 17.1 Å². The first-order valence-corrected chi connectivity index (χ1v) is 14.4. The minimum Gasteiger partial charge on any atom is -0.462 e. The molecule has 210 valence electrons. The summed E-state index contributed by atoms with van der Waals surface area (Å²) in [4.78, 5) is 32.4. The van der Waals surface area contributed by atoms with Crippen LogP contribution in [-0.4, -0.2) is 82.1 Å². The molecule has 10 heteroatoms. The molecule has 3 atom stereocenters. The molecule has 8 nitrogen and oxygen atoms in total. The Kier molecular flexibility index (Phi) is 6.51. The highest BCUT2D eigenvalue weighted by atomic mass is 35.5. The molecule has 0 aliphatic carbocycles. The number of hydrogen-bond acceptors (Lipinski definition) is 7. The van der Waals surface area contributed by atoms with Gasteiger partial charge in [0.15, 0.2) is 5.82 Å². The van der Waals surface area contributed by atoms with Crippen LogP contribution in [0.25, 0.3) is 32.8 Å². The molecular formula is C31H30ClFN6O2. The predicted molar refractivity (Wildman–Crippen MR) is 158 cm³/mol. The van der Waals surface area contributed by atoms with Gasteiger partial charge < -0.3 is 19.4 Å². The molecule has 2 aromatic carbocycles. The number of likely N-dealkylation sites (tertiary alicyclic amines) is 2. The predicted octanol–water partition coefficient (Wildman–Crippen LogP) is 5.09. The van der Waals surface area contributed by atoms with Crippen molar-refractivity contribution in [3.63, 3.8) is 0 Å². The van der Waals surface area contributed by atoms with E-state index in [9.17, 15) is 4.79 Å². The van der Waals surface area contributed by atoms with Gasteiger partial charge in [-0.15, -0.1) is 0 Å². The van der Waals surface area contributed by atoms with E-state index in [-0.39, 0.29) is 35.6 Å². The monoisotopic (exact) mass is 572 g/mol. The van der Waals surface area contributed by atoms with Gasteiger partial charge >= 0.3 is 6.01 Å². The van der Waals surface area contributed by atoms with E-state index in [1.165, 1.54) is 6.08 Å². The zero-order valence-electron chi connectivity index (χ0n) is 22.8. The number of fused-ring (bicyclic) bond motifs is 3. The fourth-order valence-corrected chi connectivity index (χ4v) is 6.91. The lowest BCUT2D eigenvalue weighted by molar-refractivity contribution is -0.127. The fraction of sp³-hybridized carbons (Fsp3) is 0.355. The molecular weight excluding hydrogens is 543 g/mol. The molecule has 0 radical (unpaired) electrons. The zero-order chi connectivity index (χ0) is 28.2. The summed E-state index contributed by atoms with van der Waals surface area (Å²) in [5.74, 6) is 0.0843. The first kappa shape index (κ1) is 26.1. The number of amides is 1. The van der Waals surface area contributed by atoms with Gasteiger partial charge in [0.05, 0.1) is 12.1 Å². The van der Waals surface area contributed by atoms with Crippen LogP contribution in [0.4, 0.5) is 10.2 Å². The molecule has 0 bridgehead atoms. The van der Waals surface area contributed by atoms with Gasteiger partial charge in [0.25, 0.3) is 0 Å². The SMILES string of the molecule is C=CC(=O)N1CCC2[C@H]1CN2c1nc(OC[C@@H]2CCCN2C)nc2c(F)c(-c3cncc4cccc(Cl)c34)ccc12. The lowest BCUT2D eigenvalue weighted by Gasteiger charge is -2.47. The van der Waals surface area contributed by atoms with Crippen LogP contribution in [0.2, 0.25) is 5.02 Å². The Morgan fingerprint density at radius 2 is 2.02 bits per heavy atom. The molecule has 0 N–H and O–H groups in total. The summed E-state index contributed by atoms with van der Waals surface area (Å²) in [6.07, 6.45) is 7.68. The maximum atomic E-state index is 16.5. The minimum absolute atomic E-state index is 0.0626. The molecule has 1 amide bonds. The Morgan fingerprint density at radius 1 is 1.15 bits per heavy atom. The number of benzene rings is 2. The van der Waals surface area contributed by atoms with Gasteiger partial charge in [-0.3, -0.25) is 9.78 Å². The lowest BCUT2D eigenvalue weighted by Crippen LogP contribution is -2.63. The van der Waals surface area contributed by atoms with E-state index >= 15 is 4.39 Å². The van der Waals surface area contributed by atoms with Crippen molar-refractivity contribution in [2.75, 3.05) is 38.2 Å². The van der Waals surface area contributed by atoms with Crippen molar-refractivity contribution in [3.05, 3.63) is 66.2 Å². The molecule has 3 aliphatic heterocycles. The average Bonchev–Trinajstić information content (AvgIpc) is 3.53. The van der Waals surface area contributed by atoms with Crippen LogP contribution in [0.15, 0.2) is 55.4 Å². The average molecular weight is 573 g/mol. The number of likely N-dealkylation sites (N-methyl/N-ethyl adjacent to an activating group) is 1. The number of nitrogens with zero attached hydrogens (tertiary/aromatic N) is 6. The summed E-state index contributed by atoms with van der Waals surface area (Å²) < 4.78 is 22.7. The number of ether oxygens (including phenoxy) is 1. The molecule has 0 saturated carbocycles. The molecule has 0 spiro atoms. The fourth-order valence-electron chi connectivity index (χ4n) is 6.63. The van der Waals surface area contributed by atoms with Crippen LogP contribution in [0.5, 0.6) is 6.01 Å². The minimum atomic E-state index is -0.477. The van der Waals surface area contributed by atoms with E-state index in [4.69, 9.17) is 21.3 Å². The van der Waals surface area contributed by atoms with Crippen molar-refractivity contribution in [1.82, 2.24) is 24.8 Å². The van der Waals surface area contributed by atoms with Crippen LogP contribution in [-0.2, 0) is 4.79 Å². The van der Waals surface area contributed by atoms with Crippen molar-refractivity contribution in [2.24, 2.45) is 0 Å². The van der Waals surface area contributed by atoms with Crippen molar-refractivity contribution in [2.45, 2.75) is 37.4 Å². The van der Waals surface area contributed by atoms with Crippen LogP contribution in [0.3, 0.4) is 0 Å². The summed E-state index contributed by atoms with van der Waals surface area (Å²) in [6.45, 7) is 6.36. The van der Waals surface area contributed by atoms with Gasteiger partial charge in [-0.05, 0) is 51.1 Å². The lowest BCUT2D eigenvalue weighted by atomic mass is 9.95. The number of rotatable bonds is 6. The summed E-state index contributed by atoms with van der Waals surface area (Å²) >= 11 is 6.57. The number of carbonyl (C=O) groups is 1. The van der Waals surface area contributed by atoms with Crippen LogP contribution < -0.4 is 9.64 Å². The second-order valence-electron chi connectivity index (χ2n) is 11.1. The molecule has 4 aromatic rings. The highest BCUT2D eigenvalue weighted by molar-refractivity contribution is 6.36. The van der Waals surface area contributed by atoms with E-state index in [0.29, 0.717) is 47.1 Å². The molecule has 3 aliphatic rings. The maximum Gasteiger partial charge on any atom is 0.319 e. The van der Waals surface area contributed by atoms with E-state index in [2.05, 4.69) is 33.4 Å². The third kappa shape index (κ3) is 4.30. The van der Waals surface area contributed by atoms with Crippen LogP contribution in [0.1, 0.15) is 19.3 Å². The zero-order valence-corrected chi connectivity index (χ0v) is 23.5. The second kappa shape index (κ2) is 10.2. The van der Waals surface area contributed by atoms with Gasteiger partial charge in [0.1, 0.15) is 17.9 Å². The second-order valence-corrected chi connectivity index (χ2v) is 11.5. The Hall–Kier alpha value is -3.82. The quantitative estimate of drug-likeness (QED) is 0.298. The highest BCUT2D eigenvalue weighted by Crippen LogP contribution is 2.42. The van der Waals surface area contributed by atoms with Gasteiger partial charge in [-0.25, -0.2) is 4.39 Å². The summed E-state index contributed by atoms with van der Waals surface area (Å²) in [5.41, 5.74) is 1.15. The van der Waals surface area contributed by atoms with E-state index in [1.807, 2.05) is 23.1 Å². The normalized spacial score (nSPS) is 22.3. The molecule has 41 heavy (non-hydrogen) atoms. The van der Waals surface area contributed by atoms with E-state index in [0.717, 1.165) is 36.6 Å². The van der Waals surface area contributed by atoms with Gasteiger partial charge in [0.2, 0.25) is 5.91 Å².